The number of ketones is 1. The molecule has 3 aromatic carbocycles. The Hall–Kier alpha value is -3.54. The Morgan fingerprint density at radius 1 is 0.838 bits per heavy atom. The van der Waals surface area contributed by atoms with Crippen LogP contribution in [0.1, 0.15) is 56.1 Å². The fraction of sp³-hybridized carbons (Fsp3) is 0.200. The van der Waals surface area contributed by atoms with Crippen LogP contribution in [0, 0.1) is 13.8 Å². The predicted molar refractivity (Wildman–Crippen MR) is 148 cm³/mol. The number of rotatable bonds is 6. The quantitative estimate of drug-likeness (QED) is 0.192. The number of carbonyl (C=O) groups excluding carboxylic acids is 2. The number of carbonyl (C=O) groups is 2. The molecule has 0 spiro atoms. The Morgan fingerprint density at radius 2 is 1.43 bits per heavy atom. The number of aromatic nitrogens is 1. The van der Waals surface area contributed by atoms with Gasteiger partial charge in [-0.1, -0.05) is 35.3 Å². The molecule has 0 radical (unpaired) electrons. The Bertz CT molecular complexity index is 1490. The zero-order valence-corrected chi connectivity index (χ0v) is 22.3. The van der Waals surface area contributed by atoms with E-state index in [1.807, 2.05) is 41.1 Å². The lowest BCUT2D eigenvalue weighted by molar-refractivity contribution is 0.0526. The number of fused-ring (bicyclic) bond motifs is 3. The van der Waals surface area contributed by atoms with E-state index in [-0.39, 0.29) is 30.9 Å². The second-order valence-corrected chi connectivity index (χ2v) is 10.1. The van der Waals surface area contributed by atoms with Crippen LogP contribution in [0.25, 0.3) is 5.69 Å². The van der Waals surface area contributed by atoms with Crippen LogP contribution in [0.2, 0.25) is 10.0 Å². The molecule has 1 atom stereocenters. The van der Waals surface area contributed by atoms with Crippen LogP contribution >= 0.6 is 23.2 Å². The van der Waals surface area contributed by atoms with Gasteiger partial charge in [-0.3, -0.25) is 4.79 Å². The Kier molecular flexibility index (Phi) is 6.84. The van der Waals surface area contributed by atoms with Crippen molar-refractivity contribution in [2.75, 3.05) is 18.1 Å². The van der Waals surface area contributed by atoms with E-state index in [1.165, 1.54) is 0 Å². The molecule has 0 saturated carbocycles. The third-order valence-corrected chi connectivity index (χ3v) is 7.28. The van der Waals surface area contributed by atoms with Gasteiger partial charge in [-0.15, -0.1) is 0 Å². The predicted octanol–water partition coefficient (Wildman–Crippen LogP) is 7.37. The molecule has 1 aliphatic heterocycles. The highest BCUT2D eigenvalue weighted by Crippen LogP contribution is 2.44. The van der Waals surface area contributed by atoms with Crippen molar-refractivity contribution < 1.29 is 14.3 Å². The maximum atomic E-state index is 13.5. The summed E-state index contributed by atoms with van der Waals surface area (Å²) < 4.78 is 7.34. The molecule has 0 bridgehead atoms. The van der Waals surface area contributed by atoms with Crippen molar-refractivity contribution >= 4 is 40.6 Å². The summed E-state index contributed by atoms with van der Waals surface area (Å²) in [6, 6.07) is 20.2. The van der Waals surface area contributed by atoms with Crippen LogP contribution in [0.5, 0.6) is 0 Å². The summed E-state index contributed by atoms with van der Waals surface area (Å²) in [6.45, 7) is 6.32. The van der Waals surface area contributed by atoms with Crippen molar-refractivity contribution in [1.82, 2.24) is 4.57 Å². The number of hydrogen-bond donors (Lipinski definition) is 0. The number of esters is 1. The second kappa shape index (κ2) is 10.1. The van der Waals surface area contributed by atoms with Crippen molar-refractivity contribution in [1.29, 1.82) is 0 Å². The summed E-state index contributed by atoms with van der Waals surface area (Å²) in [6.07, 6.45) is 1.82. The summed E-state index contributed by atoms with van der Waals surface area (Å²) in [4.78, 5) is 28.4. The van der Waals surface area contributed by atoms with Crippen LogP contribution in [0.15, 0.2) is 72.9 Å². The van der Waals surface area contributed by atoms with Gasteiger partial charge in [0.05, 0.1) is 41.8 Å². The van der Waals surface area contributed by atoms with Crippen LogP contribution in [-0.4, -0.2) is 29.5 Å². The maximum absolute atomic E-state index is 13.5. The second-order valence-electron chi connectivity index (χ2n) is 9.18. The molecular weight excluding hydrogens is 507 g/mol. The van der Waals surface area contributed by atoms with E-state index < -0.39 is 0 Å². The average molecular weight is 533 g/mol. The molecule has 2 heterocycles. The zero-order chi connectivity index (χ0) is 26.3. The first-order valence-corrected chi connectivity index (χ1v) is 12.8. The van der Waals surface area contributed by atoms with Crippen molar-refractivity contribution in [2.24, 2.45) is 0 Å². The molecule has 5 nitrogen and oxygen atoms in total. The normalized spacial score (nSPS) is 14.2. The monoisotopic (exact) mass is 532 g/mol. The molecule has 0 fully saturated rings. The molecule has 1 aromatic heterocycles. The number of benzene rings is 3. The Balaban J connectivity index is 1.70. The summed E-state index contributed by atoms with van der Waals surface area (Å²) in [7, 11) is 0. The summed E-state index contributed by atoms with van der Waals surface area (Å²) in [5.74, 6) is -0.418. The summed E-state index contributed by atoms with van der Waals surface area (Å²) >= 11 is 12.3. The molecular formula is C30H26Cl2N2O3. The lowest BCUT2D eigenvalue weighted by atomic mass is 9.95. The van der Waals surface area contributed by atoms with E-state index >= 15 is 0 Å². The van der Waals surface area contributed by atoms with E-state index in [1.54, 1.807) is 31.2 Å². The molecule has 1 aliphatic rings. The molecule has 0 saturated heterocycles. The molecule has 188 valence electrons. The first kappa shape index (κ1) is 25.1. The smallest absolute Gasteiger partial charge is 0.339 e. The topological polar surface area (TPSA) is 51.5 Å². The fourth-order valence-electron chi connectivity index (χ4n) is 4.79. The maximum Gasteiger partial charge on any atom is 0.339 e. The van der Waals surface area contributed by atoms with Gasteiger partial charge in [0.1, 0.15) is 0 Å². The number of nitrogens with zero attached hydrogens (tertiary/aromatic N) is 2. The number of halogens is 2. The average Bonchev–Trinajstić information content (AvgIpc) is 3.32. The minimum Gasteiger partial charge on any atom is -0.462 e. The molecule has 37 heavy (non-hydrogen) atoms. The van der Waals surface area contributed by atoms with Gasteiger partial charge in [-0.2, -0.15) is 0 Å². The highest BCUT2D eigenvalue weighted by Gasteiger charge is 2.35. The van der Waals surface area contributed by atoms with Gasteiger partial charge in [-0.25, -0.2) is 4.79 Å². The number of anilines is 1. The Labute approximate surface area is 226 Å². The minimum absolute atomic E-state index is 0.0366. The molecule has 5 rings (SSSR count). The molecule has 0 amide bonds. The van der Waals surface area contributed by atoms with E-state index in [2.05, 4.69) is 30.9 Å². The number of aryl methyl sites for hydroxylation is 2. The van der Waals surface area contributed by atoms with Gasteiger partial charge in [0.15, 0.2) is 5.78 Å². The first-order chi connectivity index (χ1) is 17.8. The Morgan fingerprint density at radius 3 is 2.05 bits per heavy atom. The molecule has 1 unspecified atom stereocenters. The SMILES string of the molecule is CCOC(=O)c1cc2n(c1)-c1cc(C)c(C)cc1N(CC(=O)c1ccc(Cl)cc1)C2c1ccc(Cl)cc1. The van der Waals surface area contributed by atoms with Gasteiger partial charge in [-0.05, 0) is 92.1 Å². The third-order valence-electron chi connectivity index (χ3n) is 6.78. The lowest BCUT2D eigenvalue weighted by Gasteiger charge is -2.40. The van der Waals surface area contributed by atoms with Crippen molar-refractivity contribution in [3.8, 4) is 5.69 Å². The standard InChI is InChI=1S/C30H26Cl2N2O3/c1-4-37-30(36)22-15-27-29(21-7-11-24(32)12-8-21)34(17-28(35)20-5-9-23(31)10-6-20)26-14-19(3)18(2)13-25(26)33(27)16-22/h5-16,29H,4,17H2,1-3H3. The van der Waals surface area contributed by atoms with E-state index in [0.29, 0.717) is 21.2 Å². The zero-order valence-electron chi connectivity index (χ0n) is 20.8. The number of hydrogen-bond acceptors (Lipinski definition) is 4. The molecule has 4 aromatic rings. The van der Waals surface area contributed by atoms with E-state index in [9.17, 15) is 9.59 Å². The van der Waals surface area contributed by atoms with E-state index in [4.69, 9.17) is 27.9 Å². The van der Waals surface area contributed by atoms with Crippen molar-refractivity contribution in [2.45, 2.75) is 26.8 Å². The van der Waals surface area contributed by atoms with Gasteiger partial charge in [0.25, 0.3) is 0 Å². The fourth-order valence-corrected chi connectivity index (χ4v) is 5.04. The van der Waals surface area contributed by atoms with Gasteiger partial charge in [0.2, 0.25) is 0 Å². The highest BCUT2D eigenvalue weighted by molar-refractivity contribution is 6.31. The number of ether oxygens (including phenoxy) is 1. The van der Waals surface area contributed by atoms with Gasteiger partial charge < -0.3 is 14.2 Å². The first-order valence-electron chi connectivity index (χ1n) is 12.1. The highest BCUT2D eigenvalue weighted by atomic mass is 35.5. The van der Waals surface area contributed by atoms with Gasteiger partial charge in [0, 0.05) is 21.8 Å². The van der Waals surface area contributed by atoms with Crippen LogP contribution in [0.3, 0.4) is 0 Å². The van der Waals surface area contributed by atoms with Crippen LogP contribution in [-0.2, 0) is 4.74 Å². The molecule has 0 aliphatic carbocycles. The number of Topliss-reactive ketones (excluding diaryl/α,β-unsaturated/α-hetero) is 1. The largest absolute Gasteiger partial charge is 0.462 e. The lowest BCUT2D eigenvalue weighted by Crippen LogP contribution is -2.39. The minimum atomic E-state index is -0.381. The summed E-state index contributed by atoms with van der Waals surface area (Å²) in [5, 5.41) is 1.20. The van der Waals surface area contributed by atoms with Gasteiger partial charge >= 0.3 is 5.97 Å². The third kappa shape index (κ3) is 4.77. The van der Waals surface area contributed by atoms with Crippen LogP contribution < -0.4 is 4.90 Å². The van der Waals surface area contributed by atoms with Crippen molar-refractivity contribution in [3.05, 3.63) is 116 Å². The molecule has 0 N–H and O–H groups in total. The van der Waals surface area contributed by atoms with Crippen molar-refractivity contribution in [3.63, 3.8) is 0 Å². The van der Waals surface area contributed by atoms with Crippen LogP contribution in [0.4, 0.5) is 5.69 Å². The molecule has 7 heteroatoms. The van der Waals surface area contributed by atoms with E-state index in [0.717, 1.165) is 33.8 Å². The summed E-state index contributed by atoms with van der Waals surface area (Å²) in [5.41, 5.74) is 6.90.